The van der Waals surface area contributed by atoms with Crippen molar-refractivity contribution in [2.45, 2.75) is 13.3 Å². The van der Waals surface area contributed by atoms with E-state index in [0.717, 1.165) is 57.6 Å². The molecule has 0 fully saturated rings. The zero-order chi connectivity index (χ0) is 25.1. The van der Waals surface area contributed by atoms with Crippen LogP contribution >= 0.6 is 0 Å². The second-order valence-corrected chi connectivity index (χ2v) is 8.93. The average molecular weight is 481 g/mol. The maximum absolute atomic E-state index is 12.2. The van der Waals surface area contributed by atoms with Gasteiger partial charge in [-0.2, -0.15) is 5.10 Å². The molecule has 0 spiro atoms. The Balaban J connectivity index is 1.51. The van der Waals surface area contributed by atoms with Gasteiger partial charge in [0, 0.05) is 41.6 Å². The van der Waals surface area contributed by atoms with E-state index in [2.05, 4.69) is 15.2 Å². The molecule has 4 heterocycles. The quantitative estimate of drug-likeness (QED) is 0.332. The highest BCUT2D eigenvalue weighted by Crippen LogP contribution is 2.38. The molecule has 0 aliphatic heterocycles. The number of hydrogen-bond donors (Lipinski definition) is 1. The van der Waals surface area contributed by atoms with E-state index in [4.69, 9.17) is 14.8 Å². The SMILES string of the molecule is Cc1cccc(-c2nn3ccccc3c2-c2ccnc3cc(OC(=O)NCCCN(C)C)ccc23)n1. The molecule has 0 aliphatic rings. The number of aromatic nitrogens is 4. The van der Waals surface area contributed by atoms with Crippen LogP contribution in [-0.2, 0) is 0 Å². The highest BCUT2D eigenvalue weighted by Gasteiger charge is 2.19. The largest absolute Gasteiger partial charge is 0.412 e. The molecule has 5 aromatic rings. The Labute approximate surface area is 209 Å². The molecule has 0 aliphatic carbocycles. The van der Waals surface area contributed by atoms with Crippen LogP contribution in [0.2, 0.25) is 0 Å². The average Bonchev–Trinajstić information content (AvgIpc) is 3.25. The standard InChI is InChI=1S/C28H28N6O2/c1-19-8-6-9-23(31-19)27-26(25-10-4-5-17-34(25)32-27)22-13-15-29-24-18-20(11-12-21(22)24)36-28(35)30-14-7-16-33(2)3/h4-6,8-13,15,17-18H,7,14,16H2,1-3H3,(H,30,35). The molecule has 0 atom stereocenters. The van der Waals surface area contributed by atoms with Gasteiger partial charge in [0.2, 0.25) is 0 Å². The number of amides is 1. The van der Waals surface area contributed by atoms with Gasteiger partial charge in [-0.25, -0.2) is 9.31 Å². The zero-order valence-corrected chi connectivity index (χ0v) is 20.6. The van der Waals surface area contributed by atoms with Gasteiger partial charge < -0.3 is 15.0 Å². The van der Waals surface area contributed by atoms with E-state index in [1.165, 1.54) is 0 Å². The molecular weight excluding hydrogens is 452 g/mol. The minimum atomic E-state index is -0.473. The first-order valence-electron chi connectivity index (χ1n) is 11.9. The number of hydrogen-bond acceptors (Lipinski definition) is 6. The van der Waals surface area contributed by atoms with Crippen LogP contribution in [0.1, 0.15) is 12.1 Å². The third-order valence-electron chi connectivity index (χ3n) is 5.92. The van der Waals surface area contributed by atoms with Gasteiger partial charge in [0.05, 0.1) is 16.7 Å². The summed E-state index contributed by atoms with van der Waals surface area (Å²) in [6.07, 6.45) is 4.08. The van der Waals surface area contributed by atoms with Crippen LogP contribution in [0.4, 0.5) is 4.79 Å². The summed E-state index contributed by atoms with van der Waals surface area (Å²) in [5, 5.41) is 8.59. The maximum atomic E-state index is 12.2. The van der Waals surface area contributed by atoms with Crippen LogP contribution in [0, 0.1) is 6.92 Å². The topological polar surface area (TPSA) is 84.6 Å². The van der Waals surface area contributed by atoms with Crippen LogP contribution < -0.4 is 10.1 Å². The van der Waals surface area contributed by atoms with E-state index in [9.17, 15) is 4.79 Å². The fraction of sp³-hybridized carbons (Fsp3) is 0.214. The Morgan fingerprint density at radius 3 is 2.81 bits per heavy atom. The molecule has 0 bridgehead atoms. The first-order chi connectivity index (χ1) is 17.5. The fourth-order valence-electron chi connectivity index (χ4n) is 4.26. The molecule has 0 unspecified atom stereocenters. The number of ether oxygens (including phenoxy) is 1. The Morgan fingerprint density at radius 1 is 1.08 bits per heavy atom. The number of rotatable bonds is 7. The fourth-order valence-corrected chi connectivity index (χ4v) is 4.26. The Kier molecular flexibility index (Phi) is 6.60. The molecule has 5 rings (SSSR count). The summed E-state index contributed by atoms with van der Waals surface area (Å²) in [6.45, 7) is 3.42. The van der Waals surface area contributed by atoms with Gasteiger partial charge in [-0.05, 0) is 82.0 Å². The molecule has 0 saturated carbocycles. The van der Waals surface area contributed by atoms with Crippen LogP contribution in [0.5, 0.6) is 5.75 Å². The lowest BCUT2D eigenvalue weighted by molar-refractivity contribution is 0.200. The smallest absolute Gasteiger partial charge is 0.410 e. The van der Waals surface area contributed by atoms with Gasteiger partial charge in [0.25, 0.3) is 0 Å². The van der Waals surface area contributed by atoms with Gasteiger partial charge in [-0.15, -0.1) is 0 Å². The molecule has 4 aromatic heterocycles. The second-order valence-electron chi connectivity index (χ2n) is 8.93. The number of carbonyl (C=O) groups excluding carboxylic acids is 1. The summed E-state index contributed by atoms with van der Waals surface area (Å²) in [6, 6.07) is 19.5. The Morgan fingerprint density at radius 2 is 1.97 bits per heavy atom. The lowest BCUT2D eigenvalue weighted by Gasteiger charge is -2.11. The predicted octanol–water partition coefficient (Wildman–Crippen LogP) is 4.96. The van der Waals surface area contributed by atoms with Crippen LogP contribution in [0.3, 0.4) is 0 Å². The van der Waals surface area contributed by atoms with Crippen LogP contribution in [0.15, 0.2) is 73.1 Å². The van der Waals surface area contributed by atoms with Crippen LogP contribution in [-0.4, -0.2) is 57.8 Å². The van der Waals surface area contributed by atoms with Crippen molar-refractivity contribution in [3.05, 3.63) is 78.8 Å². The van der Waals surface area contributed by atoms with Crippen molar-refractivity contribution >= 4 is 22.5 Å². The molecule has 8 heteroatoms. The van der Waals surface area contributed by atoms with Crippen molar-refractivity contribution in [3.8, 4) is 28.3 Å². The minimum absolute atomic E-state index is 0.442. The van der Waals surface area contributed by atoms with Gasteiger partial charge in [-0.1, -0.05) is 12.1 Å². The third-order valence-corrected chi connectivity index (χ3v) is 5.92. The Hall–Kier alpha value is -4.30. The van der Waals surface area contributed by atoms with Gasteiger partial charge in [0.1, 0.15) is 11.4 Å². The minimum Gasteiger partial charge on any atom is -0.410 e. The van der Waals surface area contributed by atoms with E-state index in [1.807, 2.05) is 80.3 Å². The monoisotopic (exact) mass is 480 g/mol. The number of pyridine rings is 3. The van der Waals surface area contributed by atoms with Crippen molar-refractivity contribution in [2.24, 2.45) is 0 Å². The third kappa shape index (κ3) is 4.89. The van der Waals surface area contributed by atoms with Crippen molar-refractivity contribution in [2.75, 3.05) is 27.2 Å². The van der Waals surface area contributed by atoms with Crippen LogP contribution in [0.25, 0.3) is 38.9 Å². The van der Waals surface area contributed by atoms with Crippen molar-refractivity contribution in [1.29, 1.82) is 0 Å². The molecule has 36 heavy (non-hydrogen) atoms. The first-order valence-corrected chi connectivity index (χ1v) is 11.9. The number of nitrogens with zero attached hydrogens (tertiary/aromatic N) is 5. The summed E-state index contributed by atoms with van der Waals surface area (Å²) in [5.74, 6) is 0.442. The zero-order valence-electron chi connectivity index (χ0n) is 20.6. The lowest BCUT2D eigenvalue weighted by Crippen LogP contribution is -2.29. The molecule has 1 N–H and O–H groups in total. The van der Waals surface area contributed by atoms with Crippen molar-refractivity contribution in [3.63, 3.8) is 0 Å². The molecule has 1 aromatic carbocycles. The second kappa shape index (κ2) is 10.1. The highest BCUT2D eigenvalue weighted by atomic mass is 16.6. The summed E-state index contributed by atoms with van der Waals surface area (Å²) >= 11 is 0. The molecule has 0 saturated heterocycles. The summed E-state index contributed by atoms with van der Waals surface area (Å²) in [7, 11) is 4.00. The number of aryl methyl sites for hydroxylation is 1. The van der Waals surface area contributed by atoms with Gasteiger partial charge in [0.15, 0.2) is 0 Å². The first kappa shape index (κ1) is 23.4. The number of fused-ring (bicyclic) bond motifs is 2. The van der Waals surface area contributed by atoms with E-state index >= 15 is 0 Å². The summed E-state index contributed by atoms with van der Waals surface area (Å²) < 4.78 is 7.38. The van der Waals surface area contributed by atoms with Crippen molar-refractivity contribution < 1.29 is 9.53 Å². The van der Waals surface area contributed by atoms with Crippen molar-refractivity contribution in [1.82, 2.24) is 29.8 Å². The Bertz CT molecular complexity index is 1540. The molecule has 182 valence electrons. The van der Waals surface area contributed by atoms with E-state index in [-0.39, 0.29) is 0 Å². The number of benzene rings is 1. The van der Waals surface area contributed by atoms with Gasteiger partial charge >= 0.3 is 6.09 Å². The summed E-state index contributed by atoms with van der Waals surface area (Å²) in [5.41, 5.74) is 6.20. The predicted molar refractivity (Wildman–Crippen MR) is 141 cm³/mol. The van der Waals surface area contributed by atoms with Gasteiger partial charge in [-0.3, -0.25) is 9.97 Å². The van der Waals surface area contributed by atoms with E-state index in [0.29, 0.717) is 12.3 Å². The number of carbonyl (C=O) groups is 1. The maximum Gasteiger partial charge on any atom is 0.412 e. The summed E-state index contributed by atoms with van der Waals surface area (Å²) in [4.78, 5) is 23.6. The molecule has 1 amide bonds. The molecule has 8 nitrogen and oxygen atoms in total. The molecular formula is C28H28N6O2. The van der Waals surface area contributed by atoms with E-state index in [1.54, 1.807) is 18.3 Å². The number of nitrogens with one attached hydrogen (secondary N) is 1. The lowest BCUT2D eigenvalue weighted by atomic mass is 9.98. The highest BCUT2D eigenvalue weighted by molar-refractivity contribution is 6.03. The normalized spacial score (nSPS) is 11.3. The van der Waals surface area contributed by atoms with E-state index < -0.39 is 6.09 Å². The molecule has 0 radical (unpaired) electrons.